The molecule has 0 spiro atoms. The van der Waals surface area contributed by atoms with Gasteiger partial charge in [0.1, 0.15) is 0 Å². The molecule has 1 aromatic heterocycles. The topological polar surface area (TPSA) is 75.2 Å². The van der Waals surface area contributed by atoms with Crippen LogP contribution in [0.3, 0.4) is 0 Å². The minimum absolute atomic E-state index is 0.0607. The van der Waals surface area contributed by atoms with Gasteiger partial charge in [-0.05, 0) is 31.7 Å². The van der Waals surface area contributed by atoms with Gasteiger partial charge in [0.25, 0.3) is 0 Å². The van der Waals surface area contributed by atoms with Gasteiger partial charge in [-0.1, -0.05) is 0 Å². The summed E-state index contributed by atoms with van der Waals surface area (Å²) in [5.41, 5.74) is 0. The lowest BCUT2D eigenvalue weighted by molar-refractivity contribution is 0.456. The molecule has 1 saturated heterocycles. The van der Waals surface area contributed by atoms with Crippen LogP contribution in [0.15, 0.2) is 18.5 Å². The van der Waals surface area contributed by atoms with Crippen LogP contribution >= 0.6 is 0 Å². The molecule has 0 atom stereocenters. The quantitative estimate of drug-likeness (QED) is 0.871. The molecule has 104 valence electrons. The Kier molecular flexibility index (Phi) is 3.40. The van der Waals surface area contributed by atoms with Gasteiger partial charge < -0.3 is 4.90 Å². The van der Waals surface area contributed by atoms with E-state index in [1.54, 1.807) is 18.5 Å². The van der Waals surface area contributed by atoms with Crippen LogP contribution in [0.5, 0.6) is 0 Å². The maximum atomic E-state index is 11.9. The average molecular weight is 282 g/mol. The number of aromatic nitrogens is 2. The van der Waals surface area contributed by atoms with Crippen molar-refractivity contribution in [1.82, 2.24) is 14.7 Å². The SMILES string of the molecule is O=S(=O)(NC1CCN(c2ncccn2)CC1)C1CC1. The van der Waals surface area contributed by atoms with Crippen molar-refractivity contribution in [3.8, 4) is 0 Å². The van der Waals surface area contributed by atoms with Gasteiger partial charge >= 0.3 is 0 Å². The van der Waals surface area contributed by atoms with E-state index < -0.39 is 10.0 Å². The fourth-order valence-corrected chi connectivity index (χ4v) is 4.01. The predicted octanol–water partition coefficient (Wildman–Crippen LogP) is 0.527. The molecule has 2 aliphatic rings. The highest BCUT2D eigenvalue weighted by atomic mass is 32.2. The molecular weight excluding hydrogens is 264 g/mol. The largest absolute Gasteiger partial charge is 0.341 e. The Labute approximate surface area is 113 Å². The third kappa shape index (κ3) is 3.03. The minimum atomic E-state index is -3.07. The number of hydrogen-bond acceptors (Lipinski definition) is 5. The Morgan fingerprint density at radius 2 is 1.74 bits per heavy atom. The van der Waals surface area contributed by atoms with Gasteiger partial charge in [-0.2, -0.15) is 0 Å². The fraction of sp³-hybridized carbons (Fsp3) is 0.667. The molecule has 1 aliphatic carbocycles. The number of nitrogens with zero attached hydrogens (tertiary/aromatic N) is 3. The smallest absolute Gasteiger partial charge is 0.225 e. The molecule has 3 rings (SSSR count). The van der Waals surface area contributed by atoms with E-state index in [1.165, 1.54) is 0 Å². The number of piperidine rings is 1. The second-order valence-corrected chi connectivity index (χ2v) is 7.16. The van der Waals surface area contributed by atoms with Crippen LogP contribution in [0.4, 0.5) is 5.95 Å². The summed E-state index contributed by atoms with van der Waals surface area (Å²) >= 11 is 0. The van der Waals surface area contributed by atoms with Crippen molar-refractivity contribution in [2.24, 2.45) is 0 Å². The molecule has 1 aliphatic heterocycles. The molecule has 2 heterocycles. The summed E-state index contributed by atoms with van der Waals surface area (Å²) in [5, 5.41) is -0.136. The predicted molar refractivity (Wildman–Crippen MR) is 72.3 cm³/mol. The second kappa shape index (κ2) is 5.05. The first-order chi connectivity index (χ1) is 9.15. The second-order valence-electron chi connectivity index (χ2n) is 5.17. The summed E-state index contributed by atoms with van der Waals surface area (Å²) in [6, 6.07) is 1.85. The van der Waals surface area contributed by atoms with Crippen LogP contribution < -0.4 is 9.62 Å². The zero-order valence-corrected chi connectivity index (χ0v) is 11.5. The third-order valence-corrected chi connectivity index (χ3v) is 5.64. The standard InChI is InChI=1S/C12H18N4O2S/c17-19(18,11-2-3-11)15-10-4-8-16(9-5-10)12-13-6-1-7-14-12/h1,6-7,10-11,15H,2-5,8-9H2. The van der Waals surface area contributed by atoms with Crippen LogP contribution in [0, 0.1) is 0 Å². The lowest BCUT2D eigenvalue weighted by atomic mass is 10.1. The Morgan fingerprint density at radius 3 is 2.32 bits per heavy atom. The Hall–Kier alpha value is -1.21. The Bertz CT molecular complexity index is 522. The molecular formula is C12H18N4O2S. The zero-order valence-electron chi connectivity index (χ0n) is 10.7. The highest BCUT2D eigenvalue weighted by molar-refractivity contribution is 7.90. The molecule has 0 radical (unpaired) electrons. The third-order valence-electron chi connectivity index (χ3n) is 3.62. The number of nitrogens with one attached hydrogen (secondary N) is 1. The van der Waals surface area contributed by atoms with Crippen LogP contribution in [-0.2, 0) is 10.0 Å². The van der Waals surface area contributed by atoms with E-state index in [4.69, 9.17) is 0 Å². The summed E-state index contributed by atoms with van der Waals surface area (Å²) in [5.74, 6) is 0.728. The fourth-order valence-electron chi connectivity index (χ4n) is 2.36. The van der Waals surface area contributed by atoms with Gasteiger partial charge in [0.05, 0.1) is 5.25 Å². The number of rotatable bonds is 4. The lowest BCUT2D eigenvalue weighted by Gasteiger charge is -2.32. The molecule has 1 saturated carbocycles. The van der Waals surface area contributed by atoms with E-state index in [2.05, 4.69) is 19.6 Å². The molecule has 7 heteroatoms. The van der Waals surface area contributed by atoms with E-state index in [1.807, 2.05) is 0 Å². The molecule has 6 nitrogen and oxygen atoms in total. The highest BCUT2D eigenvalue weighted by Gasteiger charge is 2.37. The molecule has 2 fully saturated rings. The maximum Gasteiger partial charge on any atom is 0.225 e. The zero-order chi connectivity index (χ0) is 13.3. The van der Waals surface area contributed by atoms with Gasteiger partial charge in [-0.15, -0.1) is 0 Å². The molecule has 19 heavy (non-hydrogen) atoms. The molecule has 0 amide bonds. The summed E-state index contributed by atoms with van der Waals surface area (Å²) in [7, 11) is -3.07. The summed E-state index contributed by atoms with van der Waals surface area (Å²) in [6.45, 7) is 1.59. The Morgan fingerprint density at radius 1 is 1.11 bits per heavy atom. The van der Waals surface area contributed by atoms with Crippen molar-refractivity contribution in [1.29, 1.82) is 0 Å². The van der Waals surface area contributed by atoms with E-state index >= 15 is 0 Å². The number of anilines is 1. The molecule has 0 unspecified atom stereocenters. The van der Waals surface area contributed by atoms with Crippen LogP contribution in [0.25, 0.3) is 0 Å². The maximum absolute atomic E-state index is 11.9. The molecule has 0 aromatic carbocycles. The van der Waals surface area contributed by atoms with Gasteiger partial charge in [0, 0.05) is 31.5 Å². The van der Waals surface area contributed by atoms with Gasteiger partial charge in [0.15, 0.2) is 0 Å². The van der Waals surface area contributed by atoms with Gasteiger partial charge in [-0.3, -0.25) is 0 Å². The minimum Gasteiger partial charge on any atom is -0.341 e. The first kappa shape index (κ1) is 12.8. The van der Waals surface area contributed by atoms with Crippen molar-refractivity contribution in [2.45, 2.75) is 37.0 Å². The molecule has 0 bridgehead atoms. The van der Waals surface area contributed by atoms with Crippen molar-refractivity contribution in [2.75, 3.05) is 18.0 Å². The van der Waals surface area contributed by atoms with Crippen LogP contribution in [-0.4, -0.2) is 42.8 Å². The van der Waals surface area contributed by atoms with Crippen molar-refractivity contribution in [3.05, 3.63) is 18.5 Å². The monoisotopic (exact) mass is 282 g/mol. The molecule has 1 N–H and O–H groups in total. The van der Waals surface area contributed by atoms with Crippen LogP contribution in [0.2, 0.25) is 0 Å². The summed E-state index contributed by atoms with van der Waals surface area (Å²) in [4.78, 5) is 10.5. The van der Waals surface area contributed by atoms with Crippen molar-refractivity contribution >= 4 is 16.0 Å². The summed E-state index contributed by atoms with van der Waals surface area (Å²) < 4.78 is 26.6. The van der Waals surface area contributed by atoms with Crippen molar-refractivity contribution in [3.63, 3.8) is 0 Å². The average Bonchev–Trinajstić information content (AvgIpc) is 3.25. The first-order valence-corrected chi connectivity index (χ1v) is 8.23. The van der Waals surface area contributed by atoms with E-state index in [0.717, 1.165) is 44.7 Å². The number of sulfonamides is 1. The molecule has 1 aromatic rings. The Balaban J connectivity index is 1.55. The van der Waals surface area contributed by atoms with Gasteiger partial charge in [-0.25, -0.2) is 23.1 Å². The van der Waals surface area contributed by atoms with Crippen LogP contribution in [0.1, 0.15) is 25.7 Å². The van der Waals surface area contributed by atoms with Gasteiger partial charge in [0.2, 0.25) is 16.0 Å². The first-order valence-electron chi connectivity index (χ1n) is 6.68. The highest BCUT2D eigenvalue weighted by Crippen LogP contribution is 2.28. The van der Waals surface area contributed by atoms with E-state index in [0.29, 0.717) is 0 Å². The lowest BCUT2D eigenvalue weighted by Crippen LogP contribution is -2.45. The normalized spacial score (nSPS) is 21.6. The number of hydrogen-bond donors (Lipinski definition) is 1. The summed E-state index contributed by atoms with van der Waals surface area (Å²) in [6.07, 6.45) is 6.70. The van der Waals surface area contributed by atoms with E-state index in [-0.39, 0.29) is 11.3 Å². The van der Waals surface area contributed by atoms with Crippen molar-refractivity contribution < 1.29 is 8.42 Å². The van der Waals surface area contributed by atoms with E-state index in [9.17, 15) is 8.42 Å².